The molecule has 0 saturated carbocycles. The van der Waals surface area contributed by atoms with E-state index in [0.717, 1.165) is 5.56 Å². The zero-order valence-corrected chi connectivity index (χ0v) is 15.1. The van der Waals surface area contributed by atoms with E-state index in [9.17, 15) is 13.2 Å². The molecule has 6 nitrogen and oxygen atoms in total. The second-order valence-corrected chi connectivity index (χ2v) is 7.17. The number of rotatable bonds is 8. The summed E-state index contributed by atoms with van der Waals surface area (Å²) in [7, 11) is -3.67. The molecule has 134 valence electrons. The smallest absolute Gasteiger partial charge is 0.261 e. The van der Waals surface area contributed by atoms with Crippen molar-refractivity contribution >= 4 is 27.3 Å². The quantitative estimate of drug-likeness (QED) is 0.707. The molecule has 0 bridgehead atoms. The normalized spacial score (nSPS) is 11.1. The number of aryl methyl sites for hydroxylation is 1. The van der Waals surface area contributed by atoms with Crippen LogP contribution in [-0.4, -0.2) is 27.5 Å². The zero-order chi connectivity index (χ0) is 18.3. The van der Waals surface area contributed by atoms with Crippen molar-refractivity contribution in [1.29, 1.82) is 0 Å². The van der Waals surface area contributed by atoms with Crippen LogP contribution in [-0.2, 0) is 19.6 Å². The molecule has 0 fully saturated rings. The highest BCUT2D eigenvalue weighted by atomic mass is 32.2. The molecule has 0 radical (unpaired) electrons. The highest BCUT2D eigenvalue weighted by Crippen LogP contribution is 2.18. The Hall–Kier alpha value is -2.38. The monoisotopic (exact) mass is 362 g/mol. The van der Waals surface area contributed by atoms with Gasteiger partial charge in [0.25, 0.3) is 10.0 Å². The third-order valence-corrected chi connectivity index (χ3v) is 4.83. The second kappa shape index (κ2) is 8.64. The van der Waals surface area contributed by atoms with Crippen molar-refractivity contribution in [2.75, 3.05) is 23.3 Å². The predicted molar refractivity (Wildman–Crippen MR) is 98.2 cm³/mol. The minimum absolute atomic E-state index is 0.125. The van der Waals surface area contributed by atoms with Crippen LogP contribution in [0.3, 0.4) is 0 Å². The van der Waals surface area contributed by atoms with E-state index in [1.54, 1.807) is 24.3 Å². The fourth-order valence-electron chi connectivity index (χ4n) is 2.09. The maximum Gasteiger partial charge on any atom is 0.261 e. The first-order valence-corrected chi connectivity index (χ1v) is 9.46. The summed E-state index contributed by atoms with van der Waals surface area (Å²) in [5.41, 5.74) is 2.09. The Labute approximate surface area is 148 Å². The fraction of sp³-hybridized carbons (Fsp3) is 0.278. The van der Waals surface area contributed by atoms with Crippen molar-refractivity contribution in [2.24, 2.45) is 0 Å². The number of anilines is 2. The average molecular weight is 362 g/mol. The van der Waals surface area contributed by atoms with Gasteiger partial charge in [-0.25, -0.2) is 8.42 Å². The predicted octanol–water partition coefficient (Wildman–Crippen LogP) is 3.16. The molecule has 0 saturated heterocycles. The summed E-state index contributed by atoms with van der Waals surface area (Å²) >= 11 is 0. The van der Waals surface area contributed by atoms with Crippen molar-refractivity contribution in [2.45, 2.75) is 25.2 Å². The lowest BCUT2D eigenvalue weighted by Gasteiger charge is -2.10. The number of amides is 1. The molecule has 25 heavy (non-hydrogen) atoms. The Kier molecular flexibility index (Phi) is 6.55. The molecule has 0 heterocycles. The third kappa shape index (κ3) is 5.88. The summed E-state index contributed by atoms with van der Waals surface area (Å²) in [5.74, 6) is -0.179. The van der Waals surface area contributed by atoms with Gasteiger partial charge in [0.2, 0.25) is 5.91 Å². The summed E-state index contributed by atoms with van der Waals surface area (Å²) in [6.45, 7) is 4.71. The Morgan fingerprint density at radius 3 is 2.20 bits per heavy atom. The number of hydrogen-bond donors (Lipinski definition) is 2. The Bertz CT molecular complexity index is 800. The molecule has 7 heteroatoms. The lowest BCUT2D eigenvalue weighted by atomic mass is 10.2. The average Bonchev–Trinajstić information content (AvgIpc) is 2.57. The van der Waals surface area contributed by atoms with Crippen LogP contribution >= 0.6 is 0 Å². The lowest BCUT2D eigenvalue weighted by molar-refractivity contribution is -0.117. The number of carbonyl (C=O) groups is 1. The highest BCUT2D eigenvalue weighted by Gasteiger charge is 2.14. The van der Waals surface area contributed by atoms with E-state index in [1.807, 2.05) is 26.0 Å². The van der Waals surface area contributed by atoms with E-state index in [4.69, 9.17) is 4.74 Å². The zero-order valence-electron chi connectivity index (χ0n) is 14.3. The van der Waals surface area contributed by atoms with Crippen LogP contribution in [0.4, 0.5) is 11.4 Å². The Morgan fingerprint density at radius 2 is 1.60 bits per heavy atom. The number of benzene rings is 2. The fourth-order valence-corrected chi connectivity index (χ4v) is 3.14. The van der Waals surface area contributed by atoms with Gasteiger partial charge < -0.3 is 10.1 Å². The summed E-state index contributed by atoms with van der Waals surface area (Å²) in [5, 5.41) is 2.70. The maximum atomic E-state index is 12.4. The van der Waals surface area contributed by atoms with Gasteiger partial charge >= 0.3 is 0 Å². The van der Waals surface area contributed by atoms with Crippen LogP contribution in [0.25, 0.3) is 0 Å². The van der Waals surface area contributed by atoms with Crippen LogP contribution in [0, 0.1) is 6.92 Å². The van der Waals surface area contributed by atoms with E-state index < -0.39 is 10.0 Å². The molecule has 0 aliphatic rings. The van der Waals surface area contributed by atoms with Gasteiger partial charge in [0.15, 0.2) is 0 Å². The van der Waals surface area contributed by atoms with Crippen LogP contribution in [0.1, 0.15) is 18.9 Å². The van der Waals surface area contributed by atoms with E-state index in [-0.39, 0.29) is 17.2 Å². The minimum atomic E-state index is -3.67. The standard InChI is InChI=1S/C18H22N2O4S/c1-3-24-13-12-18(21)19-15-8-10-17(11-9-15)25(22,23)20-16-6-4-14(2)5-7-16/h4-11,20H,3,12-13H2,1-2H3,(H,19,21). The molecular formula is C18H22N2O4S. The number of carbonyl (C=O) groups excluding carboxylic acids is 1. The molecule has 0 aliphatic heterocycles. The maximum absolute atomic E-state index is 12.4. The summed E-state index contributed by atoms with van der Waals surface area (Å²) in [4.78, 5) is 11.8. The van der Waals surface area contributed by atoms with Gasteiger partial charge in [-0.3, -0.25) is 9.52 Å². The van der Waals surface area contributed by atoms with Gasteiger partial charge in [-0.05, 0) is 50.2 Å². The SMILES string of the molecule is CCOCCC(=O)Nc1ccc(S(=O)(=O)Nc2ccc(C)cc2)cc1. The Balaban J connectivity index is 2.00. The summed E-state index contributed by atoms with van der Waals surface area (Å²) in [6.07, 6.45) is 0.253. The molecule has 2 rings (SSSR count). The highest BCUT2D eigenvalue weighted by molar-refractivity contribution is 7.92. The van der Waals surface area contributed by atoms with Gasteiger partial charge in [0, 0.05) is 18.0 Å². The van der Waals surface area contributed by atoms with Crippen molar-refractivity contribution in [3.8, 4) is 0 Å². The van der Waals surface area contributed by atoms with Gasteiger partial charge in [-0.1, -0.05) is 17.7 Å². The van der Waals surface area contributed by atoms with Crippen molar-refractivity contribution in [1.82, 2.24) is 0 Å². The van der Waals surface area contributed by atoms with Gasteiger partial charge in [-0.2, -0.15) is 0 Å². The molecule has 0 atom stereocenters. The first-order valence-electron chi connectivity index (χ1n) is 7.98. The minimum Gasteiger partial charge on any atom is -0.381 e. The topological polar surface area (TPSA) is 84.5 Å². The van der Waals surface area contributed by atoms with Crippen LogP contribution in [0.5, 0.6) is 0 Å². The van der Waals surface area contributed by atoms with E-state index >= 15 is 0 Å². The first kappa shape index (κ1) is 19.0. The molecule has 1 amide bonds. The van der Waals surface area contributed by atoms with Crippen molar-refractivity contribution in [3.05, 3.63) is 54.1 Å². The van der Waals surface area contributed by atoms with Crippen LogP contribution < -0.4 is 10.0 Å². The first-order chi connectivity index (χ1) is 11.9. The van der Waals surface area contributed by atoms with E-state index in [0.29, 0.717) is 24.6 Å². The lowest BCUT2D eigenvalue weighted by Crippen LogP contribution is -2.15. The molecule has 0 unspecified atom stereocenters. The summed E-state index contributed by atoms with van der Waals surface area (Å²) < 4.78 is 32.4. The number of hydrogen-bond acceptors (Lipinski definition) is 4. The molecule has 2 N–H and O–H groups in total. The molecule has 0 aliphatic carbocycles. The Morgan fingerprint density at radius 1 is 1.00 bits per heavy atom. The molecular weight excluding hydrogens is 340 g/mol. The van der Waals surface area contributed by atoms with Gasteiger partial charge in [-0.15, -0.1) is 0 Å². The second-order valence-electron chi connectivity index (χ2n) is 5.49. The molecule has 2 aromatic rings. The van der Waals surface area contributed by atoms with Gasteiger partial charge in [0.1, 0.15) is 0 Å². The number of nitrogens with one attached hydrogen (secondary N) is 2. The van der Waals surface area contributed by atoms with Gasteiger partial charge in [0.05, 0.1) is 17.9 Å². The largest absolute Gasteiger partial charge is 0.381 e. The van der Waals surface area contributed by atoms with Crippen molar-refractivity contribution in [3.63, 3.8) is 0 Å². The number of sulfonamides is 1. The molecule has 2 aromatic carbocycles. The molecule has 0 spiro atoms. The van der Waals surface area contributed by atoms with E-state index in [1.165, 1.54) is 12.1 Å². The van der Waals surface area contributed by atoms with Crippen LogP contribution in [0.15, 0.2) is 53.4 Å². The number of ether oxygens (including phenoxy) is 1. The van der Waals surface area contributed by atoms with Crippen LogP contribution in [0.2, 0.25) is 0 Å². The van der Waals surface area contributed by atoms with E-state index in [2.05, 4.69) is 10.0 Å². The van der Waals surface area contributed by atoms with Crippen molar-refractivity contribution < 1.29 is 17.9 Å². The molecule has 0 aromatic heterocycles. The summed E-state index contributed by atoms with van der Waals surface area (Å²) in [6, 6.07) is 13.1. The third-order valence-electron chi connectivity index (χ3n) is 3.43.